The number of hydrogen-bond donors (Lipinski definition) is 2. The van der Waals surface area contributed by atoms with E-state index in [1.54, 1.807) is 7.05 Å². The van der Waals surface area contributed by atoms with Crippen molar-refractivity contribution in [1.29, 1.82) is 0 Å². The summed E-state index contributed by atoms with van der Waals surface area (Å²) in [6.07, 6.45) is 3.96. The number of piperidine rings is 1. The summed E-state index contributed by atoms with van der Waals surface area (Å²) >= 11 is 0. The van der Waals surface area contributed by atoms with Crippen LogP contribution in [-0.2, 0) is 30.2 Å². The number of carbonyl (C=O) groups excluding carboxylic acids is 1. The summed E-state index contributed by atoms with van der Waals surface area (Å²) in [5.74, 6) is 0.521. The van der Waals surface area contributed by atoms with Crippen molar-refractivity contribution in [1.82, 2.24) is 19.5 Å². The van der Waals surface area contributed by atoms with Crippen LogP contribution in [0.2, 0.25) is 0 Å². The Morgan fingerprint density at radius 1 is 1.14 bits per heavy atom. The van der Waals surface area contributed by atoms with Gasteiger partial charge in [-0.25, -0.2) is 13.1 Å². The summed E-state index contributed by atoms with van der Waals surface area (Å²) in [6, 6.07) is 9.66. The highest BCUT2D eigenvalue weighted by Crippen LogP contribution is 2.18. The zero-order valence-electron chi connectivity index (χ0n) is 17.3. The van der Waals surface area contributed by atoms with Gasteiger partial charge in [-0.1, -0.05) is 31.2 Å². The number of amides is 1. The molecule has 0 saturated carbocycles. The Labute approximate surface area is 173 Å². The lowest BCUT2D eigenvalue weighted by Gasteiger charge is -2.30. The maximum Gasteiger partial charge on any atom is 0.268 e. The number of rotatable bonds is 7. The van der Waals surface area contributed by atoms with Crippen molar-refractivity contribution in [3.63, 3.8) is 0 Å². The molecule has 0 atom stereocenters. The zero-order chi connectivity index (χ0) is 21.0. The molecule has 2 heterocycles. The molecular formula is C21H30N4O3S. The van der Waals surface area contributed by atoms with Crippen molar-refractivity contribution < 1.29 is 13.2 Å². The first-order valence-electron chi connectivity index (χ1n) is 9.97. The summed E-state index contributed by atoms with van der Waals surface area (Å²) in [7, 11) is -0.578. The third-order valence-corrected chi connectivity index (χ3v) is 6.93. The largest absolute Gasteiger partial charge is 0.347 e. The summed E-state index contributed by atoms with van der Waals surface area (Å²) in [5.41, 5.74) is 2.58. The smallest absolute Gasteiger partial charge is 0.268 e. The van der Waals surface area contributed by atoms with Crippen molar-refractivity contribution in [3.05, 3.63) is 53.3 Å². The summed E-state index contributed by atoms with van der Waals surface area (Å²) in [5, 5.41) is 2.86. The van der Waals surface area contributed by atoms with Crippen molar-refractivity contribution >= 4 is 15.9 Å². The molecule has 2 N–H and O–H groups in total. The minimum atomic E-state index is -3.58. The van der Waals surface area contributed by atoms with Crippen molar-refractivity contribution in [2.75, 3.05) is 20.1 Å². The molecule has 0 bridgehead atoms. The van der Waals surface area contributed by atoms with E-state index in [1.165, 1.54) is 42.3 Å². The summed E-state index contributed by atoms with van der Waals surface area (Å²) in [4.78, 5) is 15.0. The molecule has 1 saturated heterocycles. The lowest BCUT2D eigenvalue weighted by Crippen LogP contribution is -2.32. The van der Waals surface area contributed by atoms with Crippen molar-refractivity contribution in [2.45, 2.75) is 37.8 Å². The van der Waals surface area contributed by atoms with Gasteiger partial charge in [-0.05, 0) is 56.1 Å². The van der Waals surface area contributed by atoms with Gasteiger partial charge in [0.2, 0.25) is 10.0 Å². The number of nitrogens with zero attached hydrogens (tertiary/aromatic N) is 2. The minimum absolute atomic E-state index is 0.0732. The molecule has 3 rings (SSSR count). The van der Waals surface area contributed by atoms with Gasteiger partial charge in [-0.2, -0.15) is 0 Å². The van der Waals surface area contributed by atoms with Crippen LogP contribution in [0.4, 0.5) is 0 Å². The quantitative estimate of drug-likeness (QED) is 0.721. The van der Waals surface area contributed by atoms with E-state index in [0.717, 1.165) is 31.1 Å². The second kappa shape index (κ2) is 9.11. The van der Waals surface area contributed by atoms with Crippen LogP contribution in [0.15, 0.2) is 41.4 Å². The highest BCUT2D eigenvalue weighted by molar-refractivity contribution is 7.89. The first-order chi connectivity index (χ1) is 13.8. The van der Waals surface area contributed by atoms with Gasteiger partial charge < -0.3 is 9.88 Å². The van der Waals surface area contributed by atoms with Crippen LogP contribution >= 0.6 is 0 Å². The van der Waals surface area contributed by atoms with E-state index in [-0.39, 0.29) is 10.8 Å². The highest BCUT2D eigenvalue weighted by atomic mass is 32.2. The highest BCUT2D eigenvalue weighted by Gasteiger charge is 2.19. The van der Waals surface area contributed by atoms with E-state index in [9.17, 15) is 13.2 Å². The molecule has 1 aliphatic rings. The average Bonchev–Trinajstić information content (AvgIpc) is 3.11. The second-order valence-corrected chi connectivity index (χ2v) is 9.72. The zero-order valence-corrected chi connectivity index (χ0v) is 18.1. The molecule has 0 unspecified atom stereocenters. The summed E-state index contributed by atoms with van der Waals surface area (Å²) in [6.45, 7) is 5.98. The Balaban J connectivity index is 1.55. The van der Waals surface area contributed by atoms with Crippen LogP contribution in [0.1, 0.15) is 41.4 Å². The molecule has 0 aliphatic carbocycles. The van der Waals surface area contributed by atoms with E-state index >= 15 is 0 Å². The number of aromatic nitrogens is 1. The van der Waals surface area contributed by atoms with Crippen LogP contribution in [0.25, 0.3) is 0 Å². The van der Waals surface area contributed by atoms with Gasteiger partial charge in [0.1, 0.15) is 10.6 Å². The number of likely N-dealkylation sites (tertiary alicyclic amines) is 1. The topological polar surface area (TPSA) is 83.4 Å². The minimum Gasteiger partial charge on any atom is -0.347 e. The van der Waals surface area contributed by atoms with Crippen molar-refractivity contribution in [3.8, 4) is 0 Å². The van der Waals surface area contributed by atoms with E-state index in [0.29, 0.717) is 12.2 Å². The Morgan fingerprint density at radius 3 is 2.38 bits per heavy atom. The van der Waals surface area contributed by atoms with Gasteiger partial charge in [0.05, 0.1) is 0 Å². The van der Waals surface area contributed by atoms with Crippen LogP contribution < -0.4 is 10.0 Å². The number of nitrogens with one attached hydrogen (secondary N) is 2. The van der Waals surface area contributed by atoms with Gasteiger partial charge in [0, 0.05) is 26.3 Å². The predicted molar refractivity (Wildman–Crippen MR) is 113 cm³/mol. The number of aryl methyl sites for hydroxylation is 1. The number of hydrogen-bond acceptors (Lipinski definition) is 4. The van der Waals surface area contributed by atoms with E-state index in [4.69, 9.17) is 0 Å². The normalized spacial score (nSPS) is 16.1. The van der Waals surface area contributed by atoms with E-state index in [1.807, 2.05) is 12.1 Å². The van der Waals surface area contributed by atoms with Gasteiger partial charge >= 0.3 is 0 Å². The molecule has 0 radical (unpaired) electrons. The third kappa shape index (κ3) is 5.46. The number of carbonyl (C=O) groups is 1. The maximum atomic E-state index is 12.5. The molecule has 1 aromatic carbocycles. The molecule has 1 aromatic heterocycles. The van der Waals surface area contributed by atoms with Gasteiger partial charge in [-0.15, -0.1) is 0 Å². The van der Waals surface area contributed by atoms with Crippen LogP contribution in [-0.4, -0.2) is 43.9 Å². The van der Waals surface area contributed by atoms with E-state index < -0.39 is 10.0 Å². The van der Waals surface area contributed by atoms with Gasteiger partial charge in [0.15, 0.2) is 0 Å². The van der Waals surface area contributed by atoms with Crippen LogP contribution in [0.3, 0.4) is 0 Å². The van der Waals surface area contributed by atoms with Crippen LogP contribution in [0, 0.1) is 5.92 Å². The maximum absolute atomic E-state index is 12.5. The Kier molecular flexibility index (Phi) is 6.77. The number of sulfonamides is 1. The SMILES string of the molecule is CNS(=O)(=O)c1cc(C(=O)NCc2ccc(CN3CCC(C)CC3)cc2)n(C)c1. The lowest BCUT2D eigenvalue weighted by atomic mass is 9.99. The molecule has 0 spiro atoms. The fourth-order valence-corrected chi connectivity index (χ4v) is 4.34. The Hall–Kier alpha value is -2.16. The average molecular weight is 419 g/mol. The Morgan fingerprint density at radius 2 is 1.76 bits per heavy atom. The molecular weight excluding hydrogens is 388 g/mol. The van der Waals surface area contributed by atoms with Gasteiger partial charge in [0.25, 0.3) is 5.91 Å². The molecule has 1 aliphatic heterocycles. The molecule has 158 valence electrons. The molecule has 7 nitrogen and oxygen atoms in total. The van der Waals surface area contributed by atoms with Gasteiger partial charge in [-0.3, -0.25) is 9.69 Å². The first-order valence-corrected chi connectivity index (χ1v) is 11.4. The molecule has 1 amide bonds. The molecule has 8 heteroatoms. The molecule has 1 fully saturated rings. The third-order valence-electron chi connectivity index (χ3n) is 5.55. The first kappa shape index (κ1) is 21.5. The lowest BCUT2D eigenvalue weighted by molar-refractivity contribution is 0.0942. The monoisotopic (exact) mass is 418 g/mol. The predicted octanol–water partition coefficient (Wildman–Crippen LogP) is 2.10. The number of benzene rings is 1. The van der Waals surface area contributed by atoms with Crippen molar-refractivity contribution in [2.24, 2.45) is 13.0 Å². The molecule has 29 heavy (non-hydrogen) atoms. The molecule has 2 aromatic rings. The standard InChI is InChI=1S/C21H30N4O3S/c1-16-8-10-25(11-9-16)14-18-6-4-17(5-7-18)13-23-21(26)20-12-19(15-24(20)3)29(27,28)22-2/h4-7,12,15-16,22H,8-11,13-14H2,1-3H3,(H,23,26). The Bertz CT molecular complexity index is 943. The summed E-state index contributed by atoms with van der Waals surface area (Å²) < 4.78 is 27.6. The fraction of sp³-hybridized carbons (Fsp3) is 0.476. The van der Waals surface area contributed by atoms with Crippen LogP contribution in [0.5, 0.6) is 0 Å². The fourth-order valence-electron chi connectivity index (χ4n) is 3.54. The van der Waals surface area contributed by atoms with E-state index in [2.05, 4.69) is 34.0 Å². The second-order valence-electron chi connectivity index (χ2n) is 7.84.